The van der Waals surface area contributed by atoms with Gasteiger partial charge in [0.25, 0.3) is 0 Å². The largest absolute Gasteiger partial charge is 0.497 e. The van der Waals surface area contributed by atoms with Crippen molar-refractivity contribution in [3.05, 3.63) is 23.8 Å². The number of carbonyl (C=O) groups is 2. The number of rotatable bonds is 7. The van der Waals surface area contributed by atoms with Gasteiger partial charge < -0.3 is 19.5 Å². The van der Waals surface area contributed by atoms with Gasteiger partial charge in [0.15, 0.2) is 0 Å². The number of methoxy groups -OCH3 is 2. The molecule has 1 amide bonds. The quantitative estimate of drug-likeness (QED) is 0.828. The first kappa shape index (κ1) is 18.1. The summed E-state index contributed by atoms with van der Waals surface area (Å²) in [4.78, 5) is 25.1. The number of hydrogen-bond donors (Lipinski definition) is 1. The Morgan fingerprint density at radius 3 is 2.75 bits per heavy atom. The van der Waals surface area contributed by atoms with Gasteiger partial charge in [-0.25, -0.2) is 0 Å². The molecule has 2 rings (SSSR count). The molecule has 0 aliphatic carbocycles. The van der Waals surface area contributed by atoms with Gasteiger partial charge >= 0.3 is 5.97 Å². The summed E-state index contributed by atoms with van der Waals surface area (Å²) in [7, 11) is 3.22. The fourth-order valence-corrected chi connectivity index (χ4v) is 3.05. The van der Waals surface area contributed by atoms with E-state index in [9.17, 15) is 9.59 Å². The number of carbonyl (C=O) groups excluding carboxylic acids is 1. The van der Waals surface area contributed by atoms with Crippen LogP contribution < -0.4 is 9.47 Å². The van der Waals surface area contributed by atoms with E-state index in [1.54, 1.807) is 19.1 Å². The van der Waals surface area contributed by atoms with Crippen LogP contribution in [-0.4, -0.2) is 49.2 Å². The molecule has 0 bridgehead atoms. The summed E-state index contributed by atoms with van der Waals surface area (Å²) in [5.41, 5.74) is 1.04. The van der Waals surface area contributed by atoms with E-state index < -0.39 is 11.9 Å². The van der Waals surface area contributed by atoms with E-state index in [4.69, 9.17) is 14.6 Å². The maximum atomic E-state index is 12.3. The Morgan fingerprint density at radius 2 is 2.08 bits per heavy atom. The summed E-state index contributed by atoms with van der Waals surface area (Å²) >= 11 is 0. The van der Waals surface area contributed by atoms with Crippen LogP contribution in [0.1, 0.15) is 31.2 Å². The molecule has 6 nitrogen and oxygen atoms in total. The van der Waals surface area contributed by atoms with Crippen molar-refractivity contribution in [2.75, 3.05) is 27.3 Å². The van der Waals surface area contributed by atoms with E-state index in [0.29, 0.717) is 32.4 Å². The zero-order valence-corrected chi connectivity index (χ0v) is 14.3. The van der Waals surface area contributed by atoms with Crippen LogP contribution in [0.25, 0.3) is 0 Å². The molecule has 132 valence electrons. The van der Waals surface area contributed by atoms with Crippen molar-refractivity contribution in [3.8, 4) is 11.5 Å². The molecule has 1 N–H and O–H groups in total. The summed E-state index contributed by atoms with van der Waals surface area (Å²) in [5.74, 6) is 0.290. The summed E-state index contributed by atoms with van der Waals surface area (Å²) in [5, 5.41) is 9.10. The Balaban J connectivity index is 1.85. The smallest absolute Gasteiger partial charge is 0.308 e. The molecule has 1 aromatic rings. The topological polar surface area (TPSA) is 76.1 Å². The van der Waals surface area contributed by atoms with Crippen LogP contribution in [0, 0.1) is 5.92 Å². The molecule has 0 spiro atoms. The molecule has 1 unspecified atom stereocenters. The minimum atomic E-state index is -0.810. The average molecular weight is 335 g/mol. The number of benzene rings is 1. The fraction of sp³-hybridized carbons (Fsp3) is 0.556. The predicted octanol–water partition coefficient (Wildman–Crippen LogP) is 2.35. The third kappa shape index (κ3) is 4.63. The van der Waals surface area contributed by atoms with Crippen LogP contribution in [0.5, 0.6) is 11.5 Å². The monoisotopic (exact) mass is 335 g/mol. The van der Waals surface area contributed by atoms with E-state index >= 15 is 0 Å². The molecule has 0 aromatic heterocycles. The number of piperidine rings is 1. The van der Waals surface area contributed by atoms with Gasteiger partial charge in [0.05, 0.1) is 20.1 Å². The van der Waals surface area contributed by atoms with Crippen LogP contribution in [-0.2, 0) is 16.0 Å². The van der Waals surface area contributed by atoms with Crippen molar-refractivity contribution < 1.29 is 24.2 Å². The minimum absolute atomic E-state index is 0.0356. The van der Waals surface area contributed by atoms with Crippen molar-refractivity contribution >= 4 is 11.9 Å². The molecule has 1 aliphatic heterocycles. The number of ether oxygens (including phenoxy) is 2. The average Bonchev–Trinajstić information content (AvgIpc) is 2.61. The molecule has 0 saturated carbocycles. The highest BCUT2D eigenvalue weighted by molar-refractivity contribution is 5.78. The van der Waals surface area contributed by atoms with Gasteiger partial charge in [-0.1, -0.05) is 6.07 Å². The second-order valence-electron chi connectivity index (χ2n) is 6.05. The number of amides is 1. The lowest BCUT2D eigenvalue weighted by atomic mass is 9.97. The Hall–Kier alpha value is -2.24. The number of carboxylic acid groups (broad SMARTS) is 1. The SMILES string of the molecule is COc1ccc(CCCC(=O)N2CCCC(C(=O)O)C2)c(OC)c1. The third-order valence-electron chi connectivity index (χ3n) is 4.45. The second-order valence-corrected chi connectivity index (χ2v) is 6.05. The first-order valence-electron chi connectivity index (χ1n) is 8.26. The molecule has 1 saturated heterocycles. The van der Waals surface area contributed by atoms with Crippen LogP contribution in [0.4, 0.5) is 0 Å². The van der Waals surface area contributed by atoms with Gasteiger partial charge in [-0.3, -0.25) is 9.59 Å². The van der Waals surface area contributed by atoms with Gasteiger partial charge in [-0.15, -0.1) is 0 Å². The summed E-state index contributed by atoms with van der Waals surface area (Å²) in [6.45, 7) is 0.995. The summed E-state index contributed by atoms with van der Waals surface area (Å²) in [6.07, 6.45) is 3.27. The van der Waals surface area contributed by atoms with E-state index in [0.717, 1.165) is 29.9 Å². The predicted molar refractivity (Wildman–Crippen MR) is 89.4 cm³/mol. The number of aryl methyl sites for hydroxylation is 1. The Kier molecular flexibility index (Phi) is 6.46. The van der Waals surface area contributed by atoms with Gasteiger partial charge in [0, 0.05) is 25.6 Å². The number of likely N-dealkylation sites (tertiary alicyclic amines) is 1. The number of carboxylic acids is 1. The van der Waals surface area contributed by atoms with E-state index in [1.807, 2.05) is 18.2 Å². The molecule has 1 aromatic carbocycles. The van der Waals surface area contributed by atoms with Crippen molar-refractivity contribution in [3.63, 3.8) is 0 Å². The summed E-state index contributed by atoms with van der Waals surface area (Å²) in [6, 6.07) is 5.66. The fourth-order valence-electron chi connectivity index (χ4n) is 3.05. The van der Waals surface area contributed by atoms with E-state index in [1.165, 1.54) is 0 Å². The second kappa shape index (κ2) is 8.57. The Bertz CT molecular complexity index is 587. The Morgan fingerprint density at radius 1 is 1.29 bits per heavy atom. The van der Waals surface area contributed by atoms with Gasteiger partial charge in [0.2, 0.25) is 5.91 Å². The van der Waals surface area contributed by atoms with Gasteiger partial charge in [0.1, 0.15) is 11.5 Å². The maximum Gasteiger partial charge on any atom is 0.308 e. The van der Waals surface area contributed by atoms with Gasteiger partial charge in [-0.05, 0) is 37.3 Å². The van der Waals surface area contributed by atoms with Crippen molar-refractivity contribution in [2.24, 2.45) is 5.92 Å². The van der Waals surface area contributed by atoms with Crippen LogP contribution >= 0.6 is 0 Å². The van der Waals surface area contributed by atoms with Gasteiger partial charge in [-0.2, -0.15) is 0 Å². The minimum Gasteiger partial charge on any atom is -0.497 e. The first-order valence-corrected chi connectivity index (χ1v) is 8.26. The molecular formula is C18H25NO5. The molecule has 1 heterocycles. The van der Waals surface area contributed by atoms with Crippen LogP contribution in [0.3, 0.4) is 0 Å². The molecule has 1 aliphatic rings. The lowest BCUT2D eigenvalue weighted by Gasteiger charge is -2.30. The lowest BCUT2D eigenvalue weighted by molar-refractivity contribution is -0.145. The van der Waals surface area contributed by atoms with Crippen molar-refractivity contribution in [1.29, 1.82) is 0 Å². The molecule has 1 fully saturated rings. The molecule has 1 atom stereocenters. The molecule has 0 radical (unpaired) electrons. The van der Waals surface area contributed by atoms with Crippen LogP contribution in [0.2, 0.25) is 0 Å². The van der Waals surface area contributed by atoms with E-state index in [2.05, 4.69) is 0 Å². The Labute approximate surface area is 142 Å². The number of nitrogens with zero attached hydrogens (tertiary/aromatic N) is 1. The van der Waals surface area contributed by atoms with Crippen LogP contribution in [0.15, 0.2) is 18.2 Å². The normalized spacial score (nSPS) is 17.4. The molecular weight excluding hydrogens is 310 g/mol. The molecule has 6 heteroatoms. The van der Waals surface area contributed by atoms with E-state index in [-0.39, 0.29) is 5.91 Å². The zero-order valence-electron chi connectivity index (χ0n) is 14.3. The molecule has 24 heavy (non-hydrogen) atoms. The first-order chi connectivity index (χ1) is 11.5. The van der Waals surface area contributed by atoms with Crippen molar-refractivity contribution in [1.82, 2.24) is 4.90 Å². The maximum absolute atomic E-state index is 12.3. The highest BCUT2D eigenvalue weighted by Gasteiger charge is 2.27. The number of hydrogen-bond acceptors (Lipinski definition) is 4. The number of aliphatic carboxylic acids is 1. The highest BCUT2D eigenvalue weighted by Crippen LogP contribution is 2.26. The lowest BCUT2D eigenvalue weighted by Crippen LogP contribution is -2.42. The zero-order chi connectivity index (χ0) is 17.5. The standard InChI is InChI=1S/C18H25NO5/c1-23-15-9-8-13(16(11-15)24-2)5-3-7-17(20)19-10-4-6-14(12-19)18(21)22/h8-9,11,14H,3-7,10,12H2,1-2H3,(H,21,22). The summed E-state index contributed by atoms with van der Waals surface area (Å²) < 4.78 is 10.5. The highest BCUT2D eigenvalue weighted by atomic mass is 16.5. The van der Waals surface area contributed by atoms with Crippen molar-refractivity contribution in [2.45, 2.75) is 32.1 Å². The third-order valence-corrected chi connectivity index (χ3v) is 4.45.